The predicted octanol–water partition coefficient (Wildman–Crippen LogP) is -0.570. The van der Waals surface area contributed by atoms with Crippen molar-refractivity contribution >= 4 is 11.9 Å². The fraction of sp³-hybridized carbons (Fsp3) is 0.500. The van der Waals surface area contributed by atoms with Crippen LogP contribution in [0.5, 0.6) is 0 Å². The Hall–Kier alpha value is -1.89. The molecule has 0 bridgehead atoms. The smallest absolute Gasteiger partial charge is 0.326 e. The van der Waals surface area contributed by atoms with Gasteiger partial charge < -0.3 is 21.1 Å². The van der Waals surface area contributed by atoms with E-state index in [2.05, 4.69) is 15.3 Å². The second-order valence-electron chi connectivity index (χ2n) is 3.91. The monoisotopic (exact) mass is 240 g/mol. The molecule has 17 heavy (non-hydrogen) atoms. The average molecular weight is 240 g/mol. The molecule has 0 spiro atoms. The van der Waals surface area contributed by atoms with E-state index in [0.29, 0.717) is 5.69 Å². The molecule has 0 aliphatic heterocycles. The molecule has 7 nitrogen and oxygen atoms in total. The van der Waals surface area contributed by atoms with Crippen LogP contribution in [0.25, 0.3) is 0 Å². The molecule has 2 unspecified atom stereocenters. The van der Waals surface area contributed by atoms with E-state index in [1.807, 2.05) is 0 Å². The maximum absolute atomic E-state index is 11.4. The SMILES string of the molecule is CC(N)C(=O)N[C@H](C(=O)O)C(C)c1cnc[nH]1. The van der Waals surface area contributed by atoms with Gasteiger partial charge in [0.05, 0.1) is 12.4 Å². The maximum Gasteiger partial charge on any atom is 0.326 e. The van der Waals surface area contributed by atoms with Gasteiger partial charge in [-0.05, 0) is 6.92 Å². The van der Waals surface area contributed by atoms with E-state index in [-0.39, 0.29) is 0 Å². The van der Waals surface area contributed by atoms with Crippen molar-refractivity contribution in [3.05, 3.63) is 18.2 Å². The predicted molar refractivity (Wildman–Crippen MR) is 60.2 cm³/mol. The second kappa shape index (κ2) is 5.44. The molecule has 1 rings (SSSR count). The highest BCUT2D eigenvalue weighted by molar-refractivity contribution is 5.87. The molecule has 0 aromatic carbocycles. The molecular formula is C10H16N4O3. The Morgan fingerprint density at radius 2 is 2.18 bits per heavy atom. The van der Waals surface area contributed by atoms with E-state index in [4.69, 9.17) is 10.8 Å². The minimum absolute atomic E-state index is 0.419. The zero-order valence-corrected chi connectivity index (χ0v) is 9.68. The van der Waals surface area contributed by atoms with Crippen LogP contribution in [0.4, 0.5) is 0 Å². The van der Waals surface area contributed by atoms with Crippen LogP contribution >= 0.6 is 0 Å². The van der Waals surface area contributed by atoms with Crippen molar-refractivity contribution in [3.63, 3.8) is 0 Å². The number of nitrogens with two attached hydrogens (primary N) is 1. The van der Waals surface area contributed by atoms with Gasteiger partial charge in [-0.3, -0.25) is 4.79 Å². The number of carboxylic acid groups (broad SMARTS) is 1. The normalized spacial score (nSPS) is 15.9. The summed E-state index contributed by atoms with van der Waals surface area (Å²) in [7, 11) is 0. The van der Waals surface area contributed by atoms with Crippen molar-refractivity contribution in [3.8, 4) is 0 Å². The van der Waals surface area contributed by atoms with Gasteiger partial charge in [-0.1, -0.05) is 6.92 Å². The molecule has 0 fully saturated rings. The van der Waals surface area contributed by atoms with Crippen LogP contribution in [0.1, 0.15) is 25.5 Å². The Labute approximate surface area is 98.4 Å². The Morgan fingerprint density at radius 1 is 1.53 bits per heavy atom. The third-order valence-electron chi connectivity index (χ3n) is 2.49. The number of carbonyl (C=O) groups is 2. The van der Waals surface area contributed by atoms with Gasteiger partial charge in [0.1, 0.15) is 6.04 Å². The van der Waals surface area contributed by atoms with Crippen molar-refractivity contribution in [2.24, 2.45) is 5.73 Å². The Bertz CT molecular complexity index is 388. The second-order valence-corrected chi connectivity index (χ2v) is 3.91. The summed E-state index contributed by atoms with van der Waals surface area (Å²) in [5.41, 5.74) is 6.02. The number of hydrogen-bond acceptors (Lipinski definition) is 4. The van der Waals surface area contributed by atoms with Crippen LogP contribution in [0.15, 0.2) is 12.5 Å². The third-order valence-corrected chi connectivity index (χ3v) is 2.49. The zero-order valence-electron chi connectivity index (χ0n) is 9.68. The standard InChI is InChI=1S/C10H16N4O3/c1-5(7-3-12-4-13-7)8(10(16)17)14-9(15)6(2)11/h3-6,8H,11H2,1-2H3,(H,12,13)(H,14,15)(H,16,17)/t5?,6?,8-/m0/s1. The first kappa shape index (κ1) is 13.2. The van der Waals surface area contributed by atoms with E-state index in [1.54, 1.807) is 6.92 Å². The zero-order chi connectivity index (χ0) is 13.0. The number of aliphatic carboxylic acids is 1. The highest BCUT2D eigenvalue weighted by Gasteiger charge is 2.29. The summed E-state index contributed by atoms with van der Waals surface area (Å²) in [6.07, 6.45) is 2.98. The third kappa shape index (κ3) is 3.28. The Balaban J connectivity index is 2.80. The van der Waals surface area contributed by atoms with Crippen LogP contribution in [-0.4, -0.2) is 39.0 Å². The van der Waals surface area contributed by atoms with Crippen LogP contribution in [0, 0.1) is 0 Å². The van der Waals surface area contributed by atoms with Gasteiger partial charge in [-0.25, -0.2) is 9.78 Å². The number of aromatic nitrogens is 2. The number of amides is 1. The maximum atomic E-state index is 11.4. The first-order valence-corrected chi connectivity index (χ1v) is 5.20. The molecule has 0 saturated carbocycles. The van der Waals surface area contributed by atoms with Crippen LogP contribution in [0.3, 0.4) is 0 Å². The van der Waals surface area contributed by atoms with Crippen molar-refractivity contribution in [1.82, 2.24) is 15.3 Å². The number of carbonyl (C=O) groups excluding carboxylic acids is 1. The van der Waals surface area contributed by atoms with Crippen molar-refractivity contribution in [1.29, 1.82) is 0 Å². The van der Waals surface area contributed by atoms with Crippen LogP contribution in [-0.2, 0) is 9.59 Å². The van der Waals surface area contributed by atoms with Gasteiger partial charge in [0.2, 0.25) is 5.91 Å². The fourth-order valence-electron chi connectivity index (χ4n) is 1.38. The molecule has 0 saturated heterocycles. The highest BCUT2D eigenvalue weighted by Crippen LogP contribution is 2.16. The van der Waals surface area contributed by atoms with Gasteiger partial charge in [-0.15, -0.1) is 0 Å². The van der Waals surface area contributed by atoms with Gasteiger partial charge in [0.25, 0.3) is 0 Å². The molecule has 0 aliphatic rings. The molecule has 0 radical (unpaired) electrons. The number of H-pyrrole nitrogens is 1. The number of nitrogens with zero attached hydrogens (tertiary/aromatic N) is 1. The van der Waals surface area contributed by atoms with E-state index in [0.717, 1.165) is 0 Å². The molecule has 5 N–H and O–H groups in total. The summed E-state index contributed by atoms with van der Waals surface area (Å²) in [6, 6.07) is -1.78. The molecule has 1 aromatic heterocycles. The quantitative estimate of drug-likeness (QED) is 0.549. The van der Waals surface area contributed by atoms with Gasteiger partial charge >= 0.3 is 5.97 Å². The van der Waals surface area contributed by atoms with E-state index in [1.165, 1.54) is 19.4 Å². The number of rotatable bonds is 5. The lowest BCUT2D eigenvalue weighted by atomic mass is 9.98. The van der Waals surface area contributed by atoms with Gasteiger partial charge in [0.15, 0.2) is 0 Å². The highest BCUT2D eigenvalue weighted by atomic mass is 16.4. The van der Waals surface area contributed by atoms with Gasteiger partial charge in [0, 0.05) is 17.8 Å². The first-order chi connectivity index (χ1) is 7.93. The lowest BCUT2D eigenvalue weighted by molar-refractivity contribution is -0.142. The lowest BCUT2D eigenvalue weighted by Gasteiger charge is -2.21. The molecule has 1 amide bonds. The number of imidazole rings is 1. The van der Waals surface area contributed by atoms with Crippen LogP contribution in [0.2, 0.25) is 0 Å². The summed E-state index contributed by atoms with van der Waals surface area (Å²) in [5, 5.41) is 11.5. The number of nitrogens with one attached hydrogen (secondary N) is 2. The van der Waals surface area contributed by atoms with Gasteiger partial charge in [-0.2, -0.15) is 0 Å². The van der Waals surface area contributed by atoms with E-state index < -0.39 is 29.9 Å². The molecule has 0 aliphatic carbocycles. The number of hydrogen-bond donors (Lipinski definition) is 4. The Morgan fingerprint density at radius 3 is 2.59 bits per heavy atom. The van der Waals surface area contributed by atoms with Crippen LogP contribution < -0.4 is 11.1 Å². The first-order valence-electron chi connectivity index (χ1n) is 5.20. The summed E-state index contributed by atoms with van der Waals surface area (Å²) in [6.45, 7) is 3.18. The molecule has 7 heteroatoms. The number of aromatic amines is 1. The summed E-state index contributed by atoms with van der Waals surface area (Å²) in [4.78, 5) is 29.1. The van der Waals surface area contributed by atoms with Crippen molar-refractivity contribution < 1.29 is 14.7 Å². The topological polar surface area (TPSA) is 121 Å². The summed E-state index contributed by atoms with van der Waals surface area (Å²) < 4.78 is 0. The summed E-state index contributed by atoms with van der Waals surface area (Å²) in [5.74, 6) is -2.03. The molecular weight excluding hydrogens is 224 g/mol. The van der Waals surface area contributed by atoms with Crippen molar-refractivity contribution in [2.45, 2.75) is 31.8 Å². The molecule has 94 valence electrons. The average Bonchev–Trinajstić information content (AvgIpc) is 2.77. The van der Waals surface area contributed by atoms with E-state index >= 15 is 0 Å². The summed E-state index contributed by atoms with van der Waals surface area (Å²) >= 11 is 0. The molecule has 1 aromatic rings. The number of carboxylic acids is 1. The molecule has 3 atom stereocenters. The fourth-order valence-corrected chi connectivity index (χ4v) is 1.38. The minimum Gasteiger partial charge on any atom is -0.480 e. The molecule has 1 heterocycles. The minimum atomic E-state index is -1.11. The largest absolute Gasteiger partial charge is 0.480 e. The van der Waals surface area contributed by atoms with E-state index in [9.17, 15) is 9.59 Å². The Kier molecular flexibility index (Phi) is 4.22. The lowest BCUT2D eigenvalue weighted by Crippen LogP contribution is -2.49. The van der Waals surface area contributed by atoms with Crippen molar-refractivity contribution in [2.75, 3.05) is 0 Å².